The largest absolute Gasteiger partial charge is 0.383 e. The standard InChI is InChI=1S/C25H26ClN3O6S2/c1-17-3-5-18(6-4-17)25-20-10-14-36-23(20)9-11-28(25)24(30)16-27(12-13-35-2)37(33,34)19-7-8-21(26)22(15-19)29(31)32/h3-8,10,14-15,25H,9,11-13,16H2,1-2H3. The summed E-state index contributed by atoms with van der Waals surface area (Å²) in [6.07, 6.45) is 0.676. The zero-order valence-electron chi connectivity index (χ0n) is 20.3. The Kier molecular flexibility index (Phi) is 8.29. The summed E-state index contributed by atoms with van der Waals surface area (Å²) in [5.41, 5.74) is 2.55. The molecule has 1 atom stereocenters. The van der Waals surface area contributed by atoms with Gasteiger partial charge in [0.25, 0.3) is 5.69 Å². The molecule has 0 spiro atoms. The molecule has 0 saturated carbocycles. The number of methoxy groups -OCH3 is 1. The molecule has 9 nitrogen and oxygen atoms in total. The second-order valence-corrected chi connectivity index (χ2v) is 12.0. The van der Waals surface area contributed by atoms with Crippen molar-refractivity contribution in [1.82, 2.24) is 9.21 Å². The van der Waals surface area contributed by atoms with E-state index in [4.69, 9.17) is 16.3 Å². The minimum Gasteiger partial charge on any atom is -0.383 e. The third-order valence-corrected chi connectivity index (χ3v) is 9.45. The normalized spacial score (nSPS) is 15.6. The van der Waals surface area contributed by atoms with Crippen molar-refractivity contribution in [1.29, 1.82) is 0 Å². The first-order chi connectivity index (χ1) is 17.6. The number of aryl methyl sites for hydroxylation is 1. The fraction of sp³-hybridized carbons (Fsp3) is 0.320. The quantitative estimate of drug-likeness (QED) is 0.281. The number of thiophene rings is 1. The number of amides is 1. The van der Waals surface area contributed by atoms with E-state index in [1.165, 1.54) is 24.1 Å². The third-order valence-electron chi connectivity index (χ3n) is 6.29. The van der Waals surface area contributed by atoms with Crippen molar-refractivity contribution in [3.05, 3.63) is 90.6 Å². The summed E-state index contributed by atoms with van der Waals surface area (Å²) in [4.78, 5) is 26.9. The number of ether oxygens (including phenoxy) is 1. The van der Waals surface area contributed by atoms with E-state index in [1.54, 1.807) is 16.2 Å². The molecule has 12 heteroatoms. The average Bonchev–Trinajstić information content (AvgIpc) is 3.35. The summed E-state index contributed by atoms with van der Waals surface area (Å²) < 4.78 is 33.1. The van der Waals surface area contributed by atoms with Gasteiger partial charge in [-0.25, -0.2) is 8.42 Å². The van der Waals surface area contributed by atoms with Gasteiger partial charge in [-0.3, -0.25) is 14.9 Å². The Morgan fingerprint density at radius 2 is 1.97 bits per heavy atom. The number of nitro benzene ring substituents is 1. The van der Waals surface area contributed by atoms with Crippen molar-refractivity contribution in [3.63, 3.8) is 0 Å². The molecule has 2 aromatic carbocycles. The maximum atomic E-state index is 13.7. The zero-order chi connectivity index (χ0) is 26.7. The van der Waals surface area contributed by atoms with Crippen LogP contribution in [0.15, 0.2) is 58.8 Å². The van der Waals surface area contributed by atoms with Crippen molar-refractivity contribution >= 4 is 44.6 Å². The number of halogens is 1. The van der Waals surface area contributed by atoms with Gasteiger partial charge in [0.05, 0.1) is 29.0 Å². The highest BCUT2D eigenvalue weighted by Gasteiger charge is 2.36. The van der Waals surface area contributed by atoms with Gasteiger partial charge in [0.1, 0.15) is 5.02 Å². The number of hydrogen-bond acceptors (Lipinski definition) is 7. The minimum atomic E-state index is -4.27. The highest BCUT2D eigenvalue weighted by Crippen LogP contribution is 2.38. The molecule has 196 valence electrons. The van der Waals surface area contributed by atoms with E-state index in [9.17, 15) is 23.3 Å². The van der Waals surface area contributed by atoms with Crippen LogP contribution in [-0.4, -0.2) is 61.8 Å². The summed E-state index contributed by atoms with van der Waals surface area (Å²) >= 11 is 7.52. The van der Waals surface area contributed by atoms with Gasteiger partial charge in [-0.2, -0.15) is 4.31 Å². The van der Waals surface area contributed by atoms with Crippen LogP contribution in [-0.2, 0) is 26.0 Å². The van der Waals surface area contributed by atoms with Gasteiger partial charge in [-0.15, -0.1) is 11.3 Å². The van der Waals surface area contributed by atoms with Gasteiger partial charge >= 0.3 is 0 Å². The summed E-state index contributed by atoms with van der Waals surface area (Å²) in [6.45, 7) is 1.93. The summed E-state index contributed by atoms with van der Waals surface area (Å²) in [7, 11) is -2.85. The monoisotopic (exact) mass is 563 g/mol. The number of carbonyl (C=O) groups excluding carboxylic acids is 1. The van der Waals surface area contributed by atoms with E-state index in [1.807, 2.05) is 42.6 Å². The van der Waals surface area contributed by atoms with Crippen molar-refractivity contribution < 1.29 is 22.9 Å². The van der Waals surface area contributed by atoms with Crippen molar-refractivity contribution in [2.45, 2.75) is 24.3 Å². The summed E-state index contributed by atoms with van der Waals surface area (Å²) in [6, 6.07) is 12.9. The van der Waals surface area contributed by atoms with Crippen molar-refractivity contribution in [2.24, 2.45) is 0 Å². The molecule has 0 radical (unpaired) electrons. The first-order valence-electron chi connectivity index (χ1n) is 11.5. The Bertz CT molecular complexity index is 1410. The Balaban J connectivity index is 1.67. The first-order valence-corrected chi connectivity index (χ1v) is 14.2. The molecule has 0 N–H and O–H groups in total. The van der Waals surface area contributed by atoms with Crippen LogP contribution < -0.4 is 0 Å². The fourth-order valence-electron chi connectivity index (χ4n) is 4.35. The number of fused-ring (bicyclic) bond motifs is 1. The second-order valence-electron chi connectivity index (χ2n) is 8.65. The molecule has 3 aromatic rings. The van der Waals surface area contributed by atoms with Gasteiger partial charge < -0.3 is 9.64 Å². The number of rotatable bonds is 9. The number of sulfonamides is 1. The lowest BCUT2D eigenvalue weighted by Gasteiger charge is -2.37. The van der Waals surface area contributed by atoms with Crippen LogP contribution in [0.5, 0.6) is 0 Å². The van der Waals surface area contributed by atoms with Gasteiger partial charge in [-0.05, 0) is 48.1 Å². The van der Waals surface area contributed by atoms with E-state index in [0.717, 1.165) is 27.1 Å². The van der Waals surface area contributed by atoms with Crippen LogP contribution in [0.1, 0.15) is 27.6 Å². The molecule has 1 aromatic heterocycles. The fourth-order valence-corrected chi connectivity index (χ4v) is 6.84. The predicted octanol–water partition coefficient (Wildman–Crippen LogP) is 4.43. The average molecular weight is 564 g/mol. The van der Waals surface area contributed by atoms with Crippen LogP contribution in [0, 0.1) is 17.0 Å². The van der Waals surface area contributed by atoms with Crippen LogP contribution in [0.4, 0.5) is 5.69 Å². The number of nitro groups is 1. The topological polar surface area (TPSA) is 110 Å². The smallest absolute Gasteiger partial charge is 0.289 e. The van der Waals surface area contributed by atoms with Crippen LogP contribution in [0.2, 0.25) is 5.02 Å². The van der Waals surface area contributed by atoms with Crippen LogP contribution >= 0.6 is 22.9 Å². The number of carbonyl (C=O) groups is 1. The van der Waals surface area contributed by atoms with E-state index in [-0.39, 0.29) is 35.0 Å². The number of hydrogen-bond donors (Lipinski definition) is 0. The number of nitrogens with zero attached hydrogens (tertiary/aromatic N) is 3. The third kappa shape index (κ3) is 5.70. The lowest BCUT2D eigenvalue weighted by molar-refractivity contribution is -0.384. The van der Waals surface area contributed by atoms with Gasteiger partial charge in [0.15, 0.2) is 0 Å². The molecule has 2 heterocycles. The Morgan fingerprint density at radius 3 is 2.65 bits per heavy atom. The zero-order valence-corrected chi connectivity index (χ0v) is 22.7. The minimum absolute atomic E-state index is 0.0399. The van der Waals surface area contributed by atoms with Crippen molar-refractivity contribution in [2.75, 3.05) is 33.4 Å². The summed E-state index contributed by atoms with van der Waals surface area (Å²) in [5, 5.41) is 13.2. The molecule has 1 aliphatic heterocycles. The molecule has 0 fully saturated rings. The molecule has 1 unspecified atom stereocenters. The van der Waals surface area contributed by atoms with E-state index >= 15 is 0 Å². The van der Waals surface area contributed by atoms with E-state index in [0.29, 0.717) is 13.0 Å². The van der Waals surface area contributed by atoms with E-state index in [2.05, 4.69) is 0 Å². The maximum Gasteiger partial charge on any atom is 0.289 e. The van der Waals surface area contributed by atoms with E-state index < -0.39 is 27.2 Å². The molecular formula is C25H26ClN3O6S2. The lowest BCUT2D eigenvalue weighted by atomic mass is 9.92. The van der Waals surface area contributed by atoms with Crippen LogP contribution in [0.25, 0.3) is 0 Å². The molecule has 1 amide bonds. The Labute approximate surface area is 224 Å². The molecular weight excluding hydrogens is 538 g/mol. The molecule has 4 rings (SSSR count). The lowest BCUT2D eigenvalue weighted by Crippen LogP contribution is -2.47. The Hall–Kier alpha value is -2.83. The van der Waals surface area contributed by atoms with Crippen molar-refractivity contribution in [3.8, 4) is 0 Å². The molecule has 0 bridgehead atoms. The molecule has 1 aliphatic rings. The SMILES string of the molecule is COCCN(CC(=O)N1CCc2sccc2C1c1ccc(C)cc1)S(=O)(=O)c1ccc(Cl)c([N+](=O)[O-])c1. The van der Waals surface area contributed by atoms with Gasteiger partial charge in [-0.1, -0.05) is 41.4 Å². The molecule has 0 saturated heterocycles. The van der Waals surface area contributed by atoms with Gasteiger partial charge in [0, 0.05) is 31.1 Å². The molecule has 37 heavy (non-hydrogen) atoms. The highest BCUT2D eigenvalue weighted by molar-refractivity contribution is 7.89. The second kappa shape index (κ2) is 11.3. The number of benzene rings is 2. The first kappa shape index (κ1) is 27.2. The maximum absolute atomic E-state index is 13.7. The Morgan fingerprint density at radius 1 is 1.24 bits per heavy atom. The van der Waals surface area contributed by atoms with Crippen LogP contribution in [0.3, 0.4) is 0 Å². The highest BCUT2D eigenvalue weighted by atomic mass is 35.5. The van der Waals surface area contributed by atoms with Gasteiger partial charge in [0.2, 0.25) is 15.9 Å². The molecule has 0 aliphatic carbocycles. The summed E-state index contributed by atoms with van der Waals surface area (Å²) in [5.74, 6) is -0.370. The predicted molar refractivity (Wildman–Crippen MR) is 141 cm³/mol.